The fourth-order valence-corrected chi connectivity index (χ4v) is 3.96. The van der Waals surface area contributed by atoms with Crippen LogP contribution in [0.3, 0.4) is 0 Å². The first-order chi connectivity index (χ1) is 9.39. The van der Waals surface area contributed by atoms with Gasteiger partial charge in [-0.2, -0.15) is 0 Å². The van der Waals surface area contributed by atoms with E-state index in [1.165, 1.54) is 0 Å². The number of sulfonamides is 1. The Hall–Kier alpha value is -0.630. The van der Waals surface area contributed by atoms with Crippen LogP contribution in [-0.2, 0) is 14.8 Å². The smallest absolute Gasteiger partial charge is 0.209 e. The van der Waals surface area contributed by atoms with E-state index < -0.39 is 15.4 Å². The fraction of sp³-hybridized carbons (Fsp3) is 0.538. The van der Waals surface area contributed by atoms with Crippen molar-refractivity contribution in [3.63, 3.8) is 0 Å². The molecule has 2 N–H and O–H groups in total. The van der Waals surface area contributed by atoms with Gasteiger partial charge >= 0.3 is 0 Å². The van der Waals surface area contributed by atoms with Crippen LogP contribution in [0.1, 0.15) is 12.8 Å². The molecule has 20 heavy (non-hydrogen) atoms. The second kappa shape index (κ2) is 6.43. The first kappa shape index (κ1) is 15.8. The zero-order valence-corrected chi connectivity index (χ0v) is 13.5. The first-order valence-corrected chi connectivity index (χ1v) is 8.86. The molecule has 0 amide bonds. The van der Waals surface area contributed by atoms with Crippen molar-refractivity contribution in [2.45, 2.75) is 12.8 Å². The summed E-state index contributed by atoms with van der Waals surface area (Å²) in [5.74, 6) is 0.636. The molecular formula is C13H18BrNO4S. The topological polar surface area (TPSA) is 78.6 Å². The molecule has 5 nitrogen and oxygen atoms in total. The Bertz CT molecular complexity index is 555. The summed E-state index contributed by atoms with van der Waals surface area (Å²) in [7, 11) is -3.54. The van der Waals surface area contributed by atoms with Gasteiger partial charge in [0, 0.05) is 23.1 Å². The molecule has 1 aliphatic heterocycles. The van der Waals surface area contributed by atoms with Crippen molar-refractivity contribution in [1.82, 2.24) is 0 Å². The molecule has 0 unspecified atom stereocenters. The normalized spacial score (nSPS) is 18.7. The number of rotatable bonds is 5. The van der Waals surface area contributed by atoms with Gasteiger partial charge in [-0.3, -0.25) is 0 Å². The van der Waals surface area contributed by atoms with E-state index in [9.17, 15) is 8.42 Å². The van der Waals surface area contributed by atoms with Gasteiger partial charge in [0.05, 0.1) is 12.4 Å². The number of hydrogen-bond donors (Lipinski definition) is 1. The quantitative estimate of drug-likeness (QED) is 0.866. The van der Waals surface area contributed by atoms with Crippen LogP contribution in [0.15, 0.2) is 28.7 Å². The average Bonchev–Trinajstić information content (AvgIpc) is 2.36. The molecule has 1 aromatic rings. The zero-order valence-electron chi connectivity index (χ0n) is 11.0. The van der Waals surface area contributed by atoms with E-state index in [1.807, 2.05) is 24.3 Å². The van der Waals surface area contributed by atoms with Gasteiger partial charge in [0.2, 0.25) is 10.0 Å². The molecule has 0 aromatic heterocycles. The highest BCUT2D eigenvalue weighted by Gasteiger charge is 2.37. The van der Waals surface area contributed by atoms with Crippen molar-refractivity contribution >= 4 is 26.0 Å². The van der Waals surface area contributed by atoms with E-state index in [-0.39, 0.29) is 5.75 Å². The molecule has 0 bridgehead atoms. The summed E-state index contributed by atoms with van der Waals surface area (Å²) < 4.78 is 34.9. The summed E-state index contributed by atoms with van der Waals surface area (Å²) in [4.78, 5) is 0. The van der Waals surface area contributed by atoms with Crippen molar-refractivity contribution in [1.29, 1.82) is 0 Å². The molecule has 112 valence electrons. The van der Waals surface area contributed by atoms with Crippen molar-refractivity contribution in [2.24, 2.45) is 10.6 Å². The SMILES string of the molecule is NS(=O)(=O)CC1(COc2cccc(Br)c2)CCOCC1. The van der Waals surface area contributed by atoms with Crippen LogP contribution >= 0.6 is 15.9 Å². The summed E-state index contributed by atoms with van der Waals surface area (Å²) in [6.07, 6.45) is 1.27. The second-order valence-corrected chi connectivity index (χ2v) is 7.70. The molecule has 1 fully saturated rings. The molecule has 1 heterocycles. The monoisotopic (exact) mass is 363 g/mol. The Morgan fingerprint density at radius 1 is 1.35 bits per heavy atom. The van der Waals surface area contributed by atoms with Crippen LogP contribution in [0.25, 0.3) is 0 Å². The van der Waals surface area contributed by atoms with Gasteiger partial charge in [0.25, 0.3) is 0 Å². The lowest BCUT2D eigenvalue weighted by Crippen LogP contribution is -2.42. The molecule has 0 atom stereocenters. The molecule has 1 saturated heterocycles. The number of halogens is 1. The summed E-state index contributed by atoms with van der Waals surface area (Å²) in [6, 6.07) is 7.47. The molecule has 1 aliphatic rings. The van der Waals surface area contributed by atoms with Crippen molar-refractivity contribution in [3.05, 3.63) is 28.7 Å². The van der Waals surface area contributed by atoms with Crippen LogP contribution in [0.4, 0.5) is 0 Å². The van der Waals surface area contributed by atoms with E-state index in [2.05, 4.69) is 15.9 Å². The third-order valence-electron chi connectivity index (χ3n) is 3.40. The average molecular weight is 364 g/mol. The van der Waals surface area contributed by atoms with E-state index in [0.29, 0.717) is 38.4 Å². The molecule has 0 saturated carbocycles. The number of ether oxygens (including phenoxy) is 2. The van der Waals surface area contributed by atoms with Crippen LogP contribution < -0.4 is 9.88 Å². The van der Waals surface area contributed by atoms with E-state index >= 15 is 0 Å². The number of hydrogen-bond acceptors (Lipinski definition) is 4. The standard InChI is InChI=1S/C13H18BrNO4S/c14-11-2-1-3-12(8-11)19-9-13(10-20(15,16)17)4-6-18-7-5-13/h1-3,8H,4-7,9-10H2,(H2,15,16,17). The lowest BCUT2D eigenvalue weighted by molar-refractivity contribution is 0.00208. The molecule has 0 radical (unpaired) electrons. The largest absolute Gasteiger partial charge is 0.493 e. The van der Waals surface area contributed by atoms with Gasteiger partial charge in [-0.05, 0) is 31.0 Å². The van der Waals surface area contributed by atoms with Crippen molar-refractivity contribution in [3.8, 4) is 5.75 Å². The Morgan fingerprint density at radius 2 is 2.05 bits per heavy atom. The summed E-state index contributed by atoms with van der Waals surface area (Å²) >= 11 is 3.37. The van der Waals surface area contributed by atoms with Gasteiger partial charge < -0.3 is 9.47 Å². The van der Waals surface area contributed by atoms with Crippen molar-refractivity contribution < 1.29 is 17.9 Å². The predicted molar refractivity (Wildman–Crippen MR) is 80.1 cm³/mol. The lowest BCUT2D eigenvalue weighted by atomic mass is 9.83. The summed E-state index contributed by atoms with van der Waals surface area (Å²) in [5, 5.41) is 5.21. The second-order valence-electron chi connectivity index (χ2n) is 5.17. The Labute approximate surface area is 127 Å². The van der Waals surface area contributed by atoms with Gasteiger partial charge in [-0.25, -0.2) is 13.6 Å². The number of nitrogens with two attached hydrogens (primary N) is 1. The molecule has 0 aliphatic carbocycles. The minimum Gasteiger partial charge on any atom is -0.493 e. The highest BCUT2D eigenvalue weighted by molar-refractivity contribution is 9.10. The first-order valence-electron chi connectivity index (χ1n) is 6.35. The van der Waals surface area contributed by atoms with Crippen LogP contribution in [-0.4, -0.2) is 34.0 Å². The minimum absolute atomic E-state index is 0.0721. The Kier molecular flexibility index (Phi) is 5.06. The highest BCUT2D eigenvalue weighted by atomic mass is 79.9. The zero-order chi connectivity index (χ0) is 14.6. The van der Waals surface area contributed by atoms with Crippen molar-refractivity contribution in [2.75, 3.05) is 25.6 Å². The molecule has 0 spiro atoms. The van der Waals surface area contributed by atoms with Gasteiger partial charge in [0.15, 0.2) is 0 Å². The molecule has 2 rings (SSSR count). The van der Waals surface area contributed by atoms with E-state index in [4.69, 9.17) is 14.6 Å². The minimum atomic E-state index is -3.54. The molecular weight excluding hydrogens is 346 g/mol. The van der Waals surface area contributed by atoms with E-state index in [1.54, 1.807) is 0 Å². The number of benzene rings is 1. The molecule has 7 heteroatoms. The van der Waals surface area contributed by atoms with Gasteiger partial charge in [-0.1, -0.05) is 22.0 Å². The maximum absolute atomic E-state index is 11.4. The maximum Gasteiger partial charge on any atom is 0.209 e. The summed E-state index contributed by atoms with van der Waals surface area (Å²) in [5.41, 5.74) is -0.464. The Morgan fingerprint density at radius 3 is 2.65 bits per heavy atom. The van der Waals surface area contributed by atoms with Gasteiger partial charge in [0.1, 0.15) is 5.75 Å². The summed E-state index contributed by atoms with van der Waals surface area (Å²) in [6.45, 7) is 1.40. The third-order valence-corrected chi connectivity index (χ3v) is 4.91. The lowest BCUT2D eigenvalue weighted by Gasteiger charge is -2.36. The third kappa shape index (κ3) is 4.73. The van der Waals surface area contributed by atoms with E-state index in [0.717, 1.165) is 4.47 Å². The van der Waals surface area contributed by atoms with Crippen LogP contribution in [0, 0.1) is 5.41 Å². The fourth-order valence-electron chi connectivity index (χ4n) is 2.35. The Balaban J connectivity index is 2.08. The van der Waals surface area contributed by atoms with Gasteiger partial charge in [-0.15, -0.1) is 0 Å². The van der Waals surface area contributed by atoms with Crippen LogP contribution in [0.2, 0.25) is 0 Å². The maximum atomic E-state index is 11.4. The number of primary sulfonamides is 1. The molecule has 1 aromatic carbocycles. The predicted octanol–water partition coefficient (Wildman–Crippen LogP) is 1.91. The highest BCUT2D eigenvalue weighted by Crippen LogP contribution is 2.33. The van der Waals surface area contributed by atoms with Crippen LogP contribution in [0.5, 0.6) is 5.75 Å².